The molecule has 1 amide bonds. The van der Waals surface area contributed by atoms with E-state index >= 15 is 0 Å². The fourth-order valence-electron chi connectivity index (χ4n) is 7.21. The monoisotopic (exact) mass is 967 g/mol. The Morgan fingerprint density at radius 1 is 0.529 bits per heavy atom. The van der Waals surface area contributed by atoms with Gasteiger partial charge in [-0.3, -0.25) is 9.36 Å². The fourth-order valence-corrected chi connectivity index (χ4v) is 7.94. The van der Waals surface area contributed by atoms with Crippen molar-refractivity contribution < 1.29 is 32.9 Å². The van der Waals surface area contributed by atoms with Gasteiger partial charge in [0.05, 0.1) is 39.9 Å². The second-order valence-corrected chi connectivity index (χ2v) is 20.6. The number of nitrogens with one attached hydrogen (secondary N) is 1. The Balaban J connectivity index is 3.87. The number of likely N-dealkylation sites (N-methyl/N-ethyl adjacent to an activating group) is 1. The number of allylic oxidation sites excluding steroid dienone is 17. The van der Waals surface area contributed by atoms with Crippen LogP contribution in [0.15, 0.2) is 109 Å². The predicted octanol–water partition coefficient (Wildman–Crippen LogP) is 15.8. The predicted molar refractivity (Wildman–Crippen MR) is 292 cm³/mol. The molecule has 0 rings (SSSR count). The van der Waals surface area contributed by atoms with Gasteiger partial charge in [0.25, 0.3) is 7.82 Å². The number of phosphoric acid groups is 1. The summed E-state index contributed by atoms with van der Waals surface area (Å²) in [6, 6.07) is -0.904. The molecule has 0 radical (unpaired) electrons. The first-order valence-corrected chi connectivity index (χ1v) is 28.7. The number of aliphatic hydroxyl groups is 1. The SMILES string of the molecule is CC/C=C\C/C=C\C/C=C\C/C=C\C/C=C\C/C=C\C/C=C\CCCCCCCCCCCCCCCCCCCC(=O)NC(COP(=O)([O-])OCC[N+](C)(C)C)C(O)/C=C/CC/C=C/CCC. The number of carbonyl (C=O) groups is 1. The molecule has 0 saturated heterocycles. The van der Waals surface area contributed by atoms with Crippen LogP contribution >= 0.6 is 7.82 Å². The number of aliphatic hydroxyl groups excluding tert-OH is 1. The lowest BCUT2D eigenvalue weighted by atomic mass is 10.0. The van der Waals surface area contributed by atoms with Crippen LogP contribution in [0.25, 0.3) is 0 Å². The second kappa shape index (κ2) is 49.2. The van der Waals surface area contributed by atoms with E-state index in [0.29, 0.717) is 17.4 Å². The summed E-state index contributed by atoms with van der Waals surface area (Å²) in [5.74, 6) is -0.215. The molecule has 0 aliphatic rings. The Kier molecular flexibility index (Phi) is 47.1. The van der Waals surface area contributed by atoms with E-state index in [0.717, 1.165) is 89.9 Å². The third-order valence-electron chi connectivity index (χ3n) is 11.4. The van der Waals surface area contributed by atoms with Crippen LogP contribution in [0.5, 0.6) is 0 Å². The molecule has 0 fully saturated rings. The molecule has 0 aliphatic heterocycles. The molecule has 2 N–H and O–H groups in total. The van der Waals surface area contributed by atoms with Crippen molar-refractivity contribution in [2.45, 2.75) is 219 Å². The standard InChI is InChI=1S/C59H103N2O6P/c1-6-8-10-12-14-15-16-17-18-19-20-21-22-23-24-25-26-27-28-29-30-31-32-33-34-35-36-37-38-39-40-41-42-43-44-45-47-49-51-53-59(63)60-57(58(62)52-50-48-46-13-11-9-7-2)56-67-68(64,65)66-55-54-61(3,4)5/h8,10-11,13-15,17-18,20-21,23-24,26-27,29-30,50,52,57-58,62H,6-7,9,12,16,19,22,25,28,31-49,51,53-56H2,1-5H3,(H-,60,63,64,65)/b10-8-,13-11+,15-14-,18-17-,21-20-,24-23-,27-26-,30-29-,52-50+. The maximum Gasteiger partial charge on any atom is 0.268 e. The summed E-state index contributed by atoms with van der Waals surface area (Å²) in [4.78, 5) is 25.2. The van der Waals surface area contributed by atoms with Gasteiger partial charge in [-0.25, -0.2) is 0 Å². The second-order valence-electron chi connectivity index (χ2n) is 19.2. The number of hydrogen-bond donors (Lipinski definition) is 2. The third-order valence-corrected chi connectivity index (χ3v) is 12.4. The van der Waals surface area contributed by atoms with Crippen molar-refractivity contribution >= 4 is 13.7 Å². The van der Waals surface area contributed by atoms with Crippen molar-refractivity contribution in [3.63, 3.8) is 0 Å². The molecule has 0 saturated carbocycles. The van der Waals surface area contributed by atoms with Crippen LogP contribution in [0.4, 0.5) is 0 Å². The molecular formula is C59H103N2O6P. The molecule has 0 aromatic carbocycles. The van der Waals surface area contributed by atoms with Crippen LogP contribution in [0.2, 0.25) is 0 Å². The number of hydrogen-bond acceptors (Lipinski definition) is 6. The summed E-state index contributed by atoms with van der Waals surface area (Å²) in [7, 11) is 1.23. The zero-order valence-electron chi connectivity index (χ0n) is 44.3. The van der Waals surface area contributed by atoms with Crippen molar-refractivity contribution in [3.05, 3.63) is 109 Å². The maximum absolute atomic E-state index is 12.8. The number of unbranched alkanes of at least 4 members (excludes halogenated alkanes) is 19. The molecule has 8 nitrogen and oxygen atoms in total. The summed E-state index contributed by atoms with van der Waals surface area (Å²) in [5.41, 5.74) is 0. The topological polar surface area (TPSA) is 108 Å². The van der Waals surface area contributed by atoms with Crippen molar-refractivity contribution in [1.29, 1.82) is 0 Å². The molecule has 3 unspecified atom stereocenters. The average Bonchev–Trinajstić information content (AvgIpc) is 3.30. The summed E-state index contributed by atoms with van der Waals surface area (Å²) in [6.07, 6.45) is 72.2. The molecule has 0 spiro atoms. The van der Waals surface area contributed by atoms with E-state index in [9.17, 15) is 19.4 Å². The van der Waals surface area contributed by atoms with Gasteiger partial charge in [0, 0.05) is 6.42 Å². The number of phosphoric ester groups is 1. The molecule has 0 heterocycles. The molecule has 0 aromatic rings. The van der Waals surface area contributed by atoms with Gasteiger partial charge in [0.2, 0.25) is 5.91 Å². The van der Waals surface area contributed by atoms with Crippen molar-refractivity contribution in [2.24, 2.45) is 0 Å². The molecule has 68 heavy (non-hydrogen) atoms. The molecule has 9 heteroatoms. The molecular weight excluding hydrogens is 864 g/mol. The minimum Gasteiger partial charge on any atom is -0.756 e. The van der Waals surface area contributed by atoms with Crippen molar-refractivity contribution in [3.8, 4) is 0 Å². The third kappa shape index (κ3) is 51.0. The Morgan fingerprint density at radius 2 is 0.912 bits per heavy atom. The zero-order valence-corrected chi connectivity index (χ0v) is 45.2. The Bertz CT molecular complexity index is 1470. The number of amides is 1. The first-order valence-electron chi connectivity index (χ1n) is 27.2. The van der Waals surface area contributed by atoms with E-state index < -0.39 is 26.6 Å². The van der Waals surface area contributed by atoms with E-state index in [4.69, 9.17) is 9.05 Å². The first-order chi connectivity index (χ1) is 33.0. The summed E-state index contributed by atoms with van der Waals surface area (Å²) in [6.45, 7) is 4.38. The van der Waals surface area contributed by atoms with E-state index in [2.05, 4.69) is 116 Å². The van der Waals surface area contributed by atoms with Gasteiger partial charge in [-0.05, 0) is 83.5 Å². The van der Waals surface area contributed by atoms with E-state index in [-0.39, 0.29) is 12.5 Å². The van der Waals surface area contributed by atoms with Crippen LogP contribution in [0.1, 0.15) is 206 Å². The van der Waals surface area contributed by atoms with Crippen LogP contribution in [0.3, 0.4) is 0 Å². The van der Waals surface area contributed by atoms with Crippen LogP contribution in [-0.2, 0) is 18.4 Å². The van der Waals surface area contributed by atoms with E-state index in [1.807, 2.05) is 27.2 Å². The minimum atomic E-state index is -4.59. The van der Waals surface area contributed by atoms with Crippen LogP contribution in [-0.4, -0.2) is 68.5 Å². The highest BCUT2D eigenvalue weighted by molar-refractivity contribution is 7.45. The largest absolute Gasteiger partial charge is 0.756 e. The normalized spacial score (nSPS) is 14.9. The summed E-state index contributed by atoms with van der Waals surface area (Å²) >= 11 is 0. The molecule has 390 valence electrons. The molecule has 0 aliphatic carbocycles. The van der Waals surface area contributed by atoms with Gasteiger partial charge >= 0.3 is 0 Å². The maximum atomic E-state index is 12.8. The number of carbonyl (C=O) groups excluding carboxylic acids is 1. The number of nitrogens with zero attached hydrogens (tertiary/aromatic N) is 1. The van der Waals surface area contributed by atoms with Gasteiger partial charge in [-0.1, -0.05) is 226 Å². The molecule has 3 atom stereocenters. The average molecular weight is 967 g/mol. The van der Waals surface area contributed by atoms with Gasteiger partial charge in [0.1, 0.15) is 13.2 Å². The smallest absolute Gasteiger partial charge is 0.268 e. The Hall–Kier alpha value is -2.84. The number of rotatable bonds is 48. The lowest BCUT2D eigenvalue weighted by molar-refractivity contribution is -0.870. The summed E-state index contributed by atoms with van der Waals surface area (Å²) in [5, 5.41) is 13.7. The zero-order chi connectivity index (χ0) is 49.9. The van der Waals surface area contributed by atoms with E-state index in [1.54, 1.807) is 6.08 Å². The van der Waals surface area contributed by atoms with Crippen LogP contribution in [0, 0.1) is 0 Å². The Labute approximate surface area is 419 Å². The van der Waals surface area contributed by atoms with E-state index in [1.165, 1.54) is 96.3 Å². The lowest BCUT2D eigenvalue weighted by Gasteiger charge is -2.29. The van der Waals surface area contributed by atoms with Gasteiger partial charge < -0.3 is 28.8 Å². The quantitative estimate of drug-likeness (QED) is 0.0272. The first kappa shape index (κ1) is 65.2. The highest BCUT2D eigenvalue weighted by Crippen LogP contribution is 2.38. The van der Waals surface area contributed by atoms with Gasteiger partial charge in [-0.15, -0.1) is 0 Å². The number of quaternary nitrogens is 1. The van der Waals surface area contributed by atoms with Crippen molar-refractivity contribution in [1.82, 2.24) is 5.32 Å². The highest BCUT2D eigenvalue weighted by atomic mass is 31.2. The van der Waals surface area contributed by atoms with Gasteiger partial charge in [0.15, 0.2) is 0 Å². The van der Waals surface area contributed by atoms with Crippen LogP contribution < -0.4 is 10.2 Å². The lowest BCUT2D eigenvalue weighted by Crippen LogP contribution is -2.45. The fraction of sp³-hybridized carbons (Fsp3) is 0.678. The molecule has 0 bridgehead atoms. The van der Waals surface area contributed by atoms with Gasteiger partial charge in [-0.2, -0.15) is 0 Å². The Morgan fingerprint density at radius 3 is 1.35 bits per heavy atom. The molecule has 0 aromatic heterocycles. The summed E-state index contributed by atoms with van der Waals surface area (Å²) < 4.78 is 23.1. The minimum absolute atomic E-state index is 0.0103. The van der Waals surface area contributed by atoms with Crippen molar-refractivity contribution in [2.75, 3.05) is 40.9 Å². The highest BCUT2D eigenvalue weighted by Gasteiger charge is 2.23.